The van der Waals surface area contributed by atoms with Crippen LogP contribution >= 0.6 is 0 Å². The first kappa shape index (κ1) is 13.0. The summed E-state index contributed by atoms with van der Waals surface area (Å²) in [6.45, 7) is 1.71. The Morgan fingerprint density at radius 3 is 2.80 bits per heavy atom. The van der Waals surface area contributed by atoms with Crippen molar-refractivity contribution < 1.29 is 4.39 Å². The van der Waals surface area contributed by atoms with Crippen molar-refractivity contribution in [3.63, 3.8) is 0 Å². The average Bonchev–Trinajstić information content (AvgIpc) is 2.67. The molecule has 0 saturated heterocycles. The Hall–Kier alpha value is -1.97. The van der Waals surface area contributed by atoms with Gasteiger partial charge in [0.2, 0.25) is 0 Å². The first-order chi connectivity index (χ1) is 9.65. The summed E-state index contributed by atoms with van der Waals surface area (Å²) in [4.78, 5) is 19.6. The maximum Gasteiger partial charge on any atom is 0.254 e. The van der Waals surface area contributed by atoms with Crippen LogP contribution in [0.15, 0.2) is 23.0 Å². The monoisotopic (exact) mass is 272 g/mol. The number of benzene rings is 1. The topological polar surface area (TPSA) is 45.8 Å². The minimum atomic E-state index is -0.245. The molecule has 0 bridgehead atoms. The zero-order valence-electron chi connectivity index (χ0n) is 11.5. The van der Waals surface area contributed by atoms with Gasteiger partial charge in [-0.1, -0.05) is 6.42 Å². The van der Waals surface area contributed by atoms with Crippen molar-refractivity contribution in [2.75, 3.05) is 0 Å². The van der Waals surface area contributed by atoms with E-state index in [1.807, 2.05) is 0 Å². The van der Waals surface area contributed by atoms with Gasteiger partial charge < -0.3 is 4.98 Å². The number of hydrogen-bond donors (Lipinski definition) is 1. The fraction of sp³-hybridized carbons (Fsp3) is 0.375. The highest BCUT2D eigenvalue weighted by Gasteiger charge is 2.15. The number of rotatable bonds is 1. The maximum absolute atomic E-state index is 13.3. The average molecular weight is 272 g/mol. The van der Waals surface area contributed by atoms with E-state index in [4.69, 9.17) is 0 Å². The lowest BCUT2D eigenvalue weighted by atomic mass is 10.1. The Bertz CT molecular complexity index is 706. The molecule has 1 N–H and O–H groups in total. The second-order valence-corrected chi connectivity index (χ2v) is 5.36. The molecule has 0 unspecified atom stereocenters. The molecule has 1 aliphatic rings. The highest BCUT2D eigenvalue weighted by Crippen LogP contribution is 2.21. The van der Waals surface area contributed by atoms with Gasteiger partial charge in [0.05, 0.1) is 5.69 Å². The van der Waals surface area contributed by atoms with Crippen LogP contribution in [0.2, 0.25) is 0 Å². The first-order valence-electron chi connectivity index (χ1n) is 7.04. The summed E-state index contributed by atoms with van der Waals surface area (Å²) < 4.78 is 13.3. The Labute approximate surface area is 116 Å². The third-order valence-electron chi connectivity index (χ3n) is 3.87. The van der Waals surface area contributed by atoms with Crippen LogP contribution in [0.5, 0.6) is 0 Å². The van der Waals surface area contributed by atoms with Crippen LogP contribution in [-0.2, 0) is 12.8 Å². The fourth-order valence-corrected chi connectivity index (χ4v) is 2.71. The molecule has 0 atom stereocenters. The fourth-order valence-electron chi connectivity index (χ4n) is 2.71. The number of H-pyrrole nitrogens is 1. The molecule has 0 radical (unpaired) electrons. The van der Waals surface area contributed by atoms with E-state index < -0.39 is 0 Å². The van der Waals surface area contributed by atoms with E-state index in [0.717, 1.165) is 48.9 Å². The lowest BCUT2D eigenvalue weighted by Gasteiger charge is -2.08. The Morgan fingerprint density at radius 2 is 2.00 bits per heavy atom. The molecule has 2 aromatic rings. The van der Waals surface area contributed by atoms with Crippen molar-refractivity contribution in [1.29, 1.82) is 0 Å². The number of fused-ring (bicyclic) bond motifs is 1. The third kappa shape index (κ3) is 2.38. The lowest BCUT2D eigenvalue weighted by Crippen LogP contribution is -2.18. The molecule has 20 heavy (non-hydrogen) atoms. The van der Waals surface area contributed by atoms with Gasteiger partial charge in [0.15, 0.2) is 0 Å². The van der Waals surface area contributed by atoms with Crippen molar-refractivity contribution in [3.05, 3.63) is 51.2 Å². The smallest absolute Gasteiger partial charge is 0.254 e. The van der Waals surface area contributed by atoms with Crippen molar-refractivity contribution in [2.45, 2.75) is 39.0 Å². The van der Waals surface area contributed by atoms with Gasteiger partial charge in [0.1, 0.15) is 11.6 Å². The summed E-state index contributed by atoms with van der Waals surface area (Å²) in [5, 5.41) is 0. The first-order valence-corrected chi connectivity index (χ1v) is 7.04. The van der Waals surface area contributed by atoms with E-state index in [9.17, 15) is 9.18 Å². The van der Waals surface area contributed by atoms with E-state index in [1.165, 1.54) is 6.07 Å². The molecule has 4 heteroatoms. The van der Waals surface area contributed by atoms with Crippen LogP contribution < -0.4 is 5.56 Å². The van der Waals surface area contributed by atoms with Gasteiger partial charge in [-0.25, -0.2) is 9.37 Å². The summed E-state index contributed by atoms with van der Waals surface area (Å²) in [5.74, 6) is 0.296. The Balaban J connectivity index is 2.10. The number of aromatic nitrogens is 2. The van der Waals surface area contributed by atoms with E-state index in [-0.39, 0.29) is 11.4 Å². The number of halogens is 1. The molecule has 0 saturated carbocycles. The van der Waals surface area contributed by atoms with Gasteiger partial charge >= 0.3 is 0 Å². The van der Waals surface area contributed by atoms with Crippen LogP contribution in [-0.4, -0.2) is 9.97 Å². The van der Waals surface area contributed by atoms with Crippen LogP contribution in [0.1, 0.15) is 36.1 Å². The molecule has 0 fully saturated rings. The number of nitrogens with one attached hydrogen (secondary N) is 1. The summed E-state index contributed by atoms with van der Waals surface area (Å²) in [6, 6.07) is 4.79. The van der Waals surface area contributed by atoms with Crippen LogP contribution in [0.25, 0.3) is 11.4 Å². The number of aromatic amines is 1. The summed E-state index contributed by atoms with van der Waals surface area (Å²) >= 11 is 0. The van der Waals surface area contributed by atoms with Crippen LogP contribution in [0.4, 0.5) is 4.39 Å². The van der Waals surface area contributed by atoms with Crippen molar-refractivity contribution in [2.24, 2.45) is 0 Å². The number of hydrogen-bond acceptors (Lipinski definition) is 2. The second kappa shape index (κ2) is 5.19. The largest absolute Gasteiger partial charge is 0.306 e. The molecule has 1 aliphatic carbocycles. The molecule has 0 amide bonds. The van der Waals surface area contributed by atoms with Crippen LogP contribution in [0, 0.1) is 12.7 Å². The Kier molecular flexibility index (Phi) is 3.38. The summed E-state index contributed by atoms with van der Waals surface area (Å²) in [6.07, 6.45) is 4.92. The van der Waals surface area contributed by atoms with E-state index in [0.29, 0.717) is 11.4 Å². The summed E-state index contributed by atoms with van der Waals surface area (Å²) in [7, 11) is 0. The number of aryl methyl sites for hydroxylation is 2. The zero-order chi connectivity index (χ0) is 14.1. The van der Waals surface area contributed by atoms with Gasteiger partial charge in [-0.3, -0.25) is 4.79 Å². The Morgan fingerprint density at radius 1 is 1.20 bits per heavy atom. The molecule has 0 aliphatic heterocycles. The van der Waals surface area contributed by atoms with Gasteiger partial charge in [0, 0.05) is 11.1 Å². The van der Waals surface area contributed by atoms with Crippen molar-refractivity contribution in [1.82, 2.24) is 9.97 Å². The van der Waals surface area contributed by atoms with E-state index in [2.05, 4.69) is 9.97 Å². The van der Waals surface area contributed by atoms with E-state index in [1.54, 1.807) is 19.1 Å². The zero-order valence-corrected chi connectivity index (χ0v) is 11.5. The van der Waals surface area contributed by atoms with Crippen molar-refractivity contribution >= 4 is 0 Å². The molecule has 1 aromatic carbocycles. The highest BCUT2D eigenvalue weighted by atomic mass is 19.1. The minimum Gasteiger partial charge on any atom is -0.306 e. The third-order valence-corrected chi connectivity index (χ3v) is 3.87. The molecule has 104 valence electrons. The number of nitrogens with zero attached hydrogens (tertiary/aromatic N) is 1. The molecular formula is C16H17FN2O. The normalized spacial score (nSPS) is 14.7. The molecule has 1 heterocycles. The maximum atomic E-state index is 13.3. The minimum absolute atomic E-state index is 0.0473. The molecule has 3 rings (SSSR count). The lowest BCUT2D eigenvalue weighted by molar-refractivity contribution is 0.618. The molecule has 3 nitrogen and oxygen atoms in total. The van der Waals surface area contributed by atoms with Crippen LogP contribution in [0.3, 0.4) is 0 Å². The highest BCUT2D eigenvalue weighted by molar-refractivity contribution is 5.56. The quantitative estimate of drug-likeness (QED) is 0.810. The standard InChI is InChI=1S/C16H17FN2O/c1-10-9-11(7-8-13(10)17)15-18-14-6-4-2-3-5-12(14)16(20)19-15/h7-9H,2-6H2,1H3,(H,18,19,20). The molecule has 0 spiro atoms. The van der Waals surface area contributed by atoms with Crippen molar-refractivity contribution in [3.8, 4) is 11.4 Å². The van der Waals surface area contributed by atoms with Gasteiger partial charge in [0.25, 0.3) is 5.56 Å². The van der Waals surface area contributed by atoms with Gasteiger partial charge in [-0.05, 0) is 56.4 Å². The van der Waals surface area contributed by atoms with Gasteiger partial charge in [-0.15, -0.1) is 0 Å². The predicted octanol–water partition coefficient (Wildman–Crippen LogP) is 3.15. The molecular weight excluding hydrogens is 255 g/mol. The van der Waals surface area contributed by atoms with E-state index >= 15 is 0 Å². The SMILES string of the molecule is Cc1cc(-c2nc3c(c(=O)[nH]2)CCCCC3)ccc1F. The summed E-state index contributed by atoms with van der Waals surface area (Å²) in [5.41, 5.74) is 3.00. The second-order valence-electron chi connectivity index (χ2n) is 5.36. The molecule has 1 aromatic heterocycles. The predicted molar refractivity (Wildman–Crippen MR) is 76.2 cm³/mol. The van der Waals surface area contributed by atoms with Gasteiger partial charge in [-0.2, -0.15) is 0 Å².